The second-order valence-corrected chi connectivity index (χ2v) is 7.81. The quantitative estimate of drug-likeness (QED) is 0.583. The van der Waals surface area contributed by atoms with Crippen molar-refractivity contribution in [1.29, 1.82) is 0 Å². The second kappa shape index (κ2) is 7.86. The van der Waals surface area contributed by atoms with E-state index in [-0.39, 0.29) is 5.56 Å². The molecule has 2 aromatic carbocycles. The fourth-order valence-corrected chi connectivity index (χ4v) is 4.29. The molecule has 1 saturated heterocycles. The van der Waals surface area contributed by atoms with Gasteiger partial charge in [0.15, 0.2) is 0 Å². The van der Waals surface area contributed by atoms with Crippen LogP contribution in [-0.4, -0.2) is 42.4 Å². The van der Waals surface area contributed by atoms with E-state index in [4.69, 9.17) is 4.74 Å². The van der Waals surface area contributed by atoms with Gasteiger partial charge >= 0.3 is 12.0 Å². The van der Waals surface area contributed by atoms with Gasteiger partial charge < -0.3 is 15.4 Å². The number of aryl methyl sites for hydroxylation is 2. The Kier molecular flexibility index (Phi) is 5.22. The molecule has 2 aliphatic rings. The number of esters is 1. The van der Waals surface area contributed by atoms with Gasteiger partial charge in [-0.1, -0.05) is 30.3 Å². The lowest BCUT2D eigenvalue weighted by atomic mass is 9.76. The number of benzene rings is 2. The number of fused-ring (bicyclic) bond motifs is 2. The summed E-state index contributed by atoms with van der Waals surface area (Å²) in [6.07, 6.45) is 2.10. The normalized spacial score (nSPS) is 19.7. The SMILES string of the molecule is COC(=O)c1ccc(C)c(NC(=O)CN2C(=O)N[C@]3(CCCc4ccccc43)C2=O)c1. The van der Waals surface area contributed by atoms with Gasteiger partial charge in [0.2, 0.25) is 5.91 Å². The third kappa shape index (κ3) is 3.54. The van der Waals surface area contributed by atoms with Crippen molar-refractivity contribution < 1.29 is 23.9 Å². The number of carbonyl (C=O) groups is 4. The summed E-state index contributed by atoms with van der Waals surface area (Å²) in [4.78, 5) is 51.3. The van der Waals surface area contributed by atoms with Crippen LogP contribution in [-0.2, 0) is 26.3 Å². The van der Waals surface area contributed by atoms with Crippen molar-refractivity contribution in [3.05, 3.63) is 64.7 Å². The van der Waals surface area contributed by atoms with E-state index in [1.54, 1.807) is 19.1 Å². The van der Waals surface area contributed by atoms with E-state index in [0.29, 0.717) is 12.1 Å². The predicted molar refractivity (Wildman–Crippen MR) is 112 cm³/mol. The van der Waals surface area contributed by atoms with Crippen LogP contribution in [0.5, 0.6) is 0 Å². The molecule has 8 heteroatoms. The first-order chi connectivity index (χ1) is 14.9. The zero-order valence-corrected chi connectivity index (χ0v) is 17.4. The molecule has 2 N–H and O–H groups in total. The first-order valence-corrected chi connectivity index (χ1v) is 10.1. The fraction of sp³-hybridized carbons (Fsp3) is 0.304. The van der Waals surface area contributed by atoms with E-state index < -0.39 is 35.9 Å². The lowest BCUT2D eigenvalue weighted by Crippen LogP contribution is -2.47. The number of hydrogen-bond donors (Lipinski definition) is 2. The van der Waals surface area contributed by atoms with Crippen molar-refractivity contribution in [2.45, 2.75) is 31.7 Å². The highest BCUT2D eigenvalue weighted by atomic mass is 16.5. The van der Waals surface area contributed by atoms with E-state index >= 15 is 0 Å². The average molecular weight is 421 g/mol. The monoisotopic (exact) mass is 421 g/mol. The third-order valence-corrected chi connectivity index (χ3v) is 5.89. The number of hydrogen-bond acceptors (Lipinski definition) is 5. The topological polar surface area (TPSA) is 105 Å². The van der Waals surface area contributed by atoms with Gasteiger partial charge in [0, 0.05) is 5.69 Å². The number of carbonyl (C=O) groups excluding carboxylic acids is 4. The first kappa shape index (κ1) is 20.6. The van der Waals surface area contributed by atoms with E-state index in [2.05, 4.69) is 10.6 Å². The molecule has 4 amide bonds. The lowest BCUT2D eigenvalue weighted by Gasteiger charge is -2.33. The standard InChI is InChI=1S/C23H23N3O5/c1-14-9-10-16(20(28)31-2)12-18(14)24-19(27)13-26-21(29)23(25-22(26)30)11-5-7-15-6-3-4-8-17(15)23/h3-4,6,8-10,12H,5,7,11,13H2,1-2H3,(H,24,27)(H,25,30)/t23-/m0/s1. The minimum atomic E-state index is -1.12. The number of imide groups is 1. The predicted octanol–water partition coefficient (Wildman–Crippen LogP) is 2.50. The van der Waals surface area contributed by atoms with E-state index in [1.165, 1.54) is 13.2 Å². The molecule has 1 spiro atoms. The van der Waals surface area contributed by atoms with Gasteiger partial charge in [-0.25, -0.2) is 9.59 Å². The minimum absolute atomic E-state index is 0.288. The third-order valence-electron chi connectivity index (χ3n) is 5.89. The number of urea groups is 1. The smallest absolute Gasteiger partial charge is 0.337 e. The summed E-state index contributed by atoms with van der Waals surface area (Å²) in [5.74, 6) is -1.47. The Balaban J connectivity index is 1.53. The molecule has 0 bridgehead atoms. The highest BCUT2D eigenvalue weighted by molar-refractivity contribution is 6.10. The molecule has 8 nitrogen and oxygen atoms in total. The van der Waals surface area contributed by atoms with Gasteiger partial charge in [0.05, 0.1) is 12.7 Å². The van der Waals surface area contributed by atoms with Crippen LogP contribution in [0, 0.1) is 6.92 Å². The van der Waals surface area contributed by atoms with Gasteiger partial charge in [-0.3, -0.25) is 14.5 Å². The molecule has 31 heavy (non-hydrogen) atoms. The number of nitrogens with one attached hydrogen (secondary N) is 2. The van der Waals surface area contributed by atoms with Crippen LogP contribution in [0.3, 0.4) is 0 Å². The van der Waals surface area contributed by atoms with Gasteiger partial charge in [-0.15, -0.1) is 0 Å². The highest BCUT2D eigenvalue weighted by Crippen LogP contribution is 2.39. The van der Waals surface area contributed by atoms with Crippen LogP contribution in [0.1, 0.15) is 39.9 Å². The van der Waals surface area contributed by atoms with Crippen molar-refractivity contribution in [2.24, 2.45) is 0 Å². The van der Waals surface area contributed by atoms with E-state index in [0.717, 1.165) is 34.4 Å². The summed E-state index contributed by atoms with van der Waals surface area (Å²) < 4.78 is 4.71. The lowest BCUT2D eigenvalue weighted by molar-refractivity contribution is -0.134. The van der Waals surface area contributed by atoms with Crippen LogP contribution in [0.2, 0.25) is 0 Å². The van der Waals surface area contributed by atoms with Crippen LogP contribution in [0.4, 0.5) is 10.5 Å². The van der Waals surface area contributed by atoms with Crippen molar-refractivity contribution in [2.75, 3.05) is 19.0 Å². The van der Waals surface area contributed by atoms with Crippen LogP contribution in [0.25, 0.3) is 0 Å². The summed E-state index contributed by atoms with van der Waals surface area (Å²) in [7, 11) is 1.28. The minimum Gasteiger partial charge on any atom is -0.465 e. The molecule has 1 heterocycles. The molecule has 160 valence electrons. The van der Waals surface area contributed by atoms with Crippen molar-refractivity contribution in [3.8, 4) is 0 Å². The summed E-state index contributed by atoms with van der Waals surface area (Å²) >= 11 is 0. The number of amides is 4. The van der Waals surface area contributed by atoms with Crippen LogP contribution < -0.4 is 10.6 Å². The van der Waals surface area contributed by atoms with E-state index in [9.17, 15) is 19.2 Å². The molecule has 1 aliphatic carbocycles. The molecule has 1 aliphatic heterocycles. The zero-order valence-electron chi connectivity index (χ0n) is 17.4. The van der Waals surface area contributed by atoms with Crippen molar-refractivity contribution in [3.63, 3.8) is 0 Å². The summed E-state index contributed by atoms with van der Waals surface area (Å²) in [5.41, 5.74) is 2.14. The maximum absolute atomic E-state index is 13.3. The van der Waals surface area contributed by atoms with Gasteiger partial charge in [-0.05, 0) is 55.0 Å². The number of anilines is 1. The summed E-state index contributed by atoms with van der Waals surface area (Å²) in [6.45, 7) is 1.36. The number of nitrogens with zero attached hydrogens (tertiary/aromatic N) is 1. The number of rotatable bonds is 4. The molecule has 2 aromatic rings. The molecule has 0 saturated carbocycles. The largest absolute Gasteiger partial charge is 0.465 e. The van der Waals surface area contributed by atoms with Gasteiger partial charge in [0.25, 0.3) is 5.91 Å². The summed E-state index contributed by atoms with van der Waals surface area (Å²) in [5, 5.41) is 5.52. The van der Waals surface area contributed by atoms with Crippen molar-refractivity contribution in [1.82, 2.24) is 10.2 Å². The highest BCUT2D eigenvalue weighted by Gasteiger charge is 2.54. The van der Waals surface area contributed by atoms with Gasteiger partial charge in [0.1, 0.15) is 12.1 Å². The number of methoxy groups -OCH3 is 1. The Labute approximate surface area is 179 Å². The summed E-state index contributed by atoms with van der Waals surface area (Å²) in [6, 6.07) is 11.8. The van der Waals surface area contributed by atoms with Gasteiger partial charge in [-0.2, -0.15) is 0 Å². The molecule has 1 fully saturated rings. The fourth-order valence-electron chi connectivity index (χ4n) is 4.29. The van der Waals surface area contributed by atoms with E-state index in [1.807, 2.05) is 24.3 Å². The molecule has 0 radical (unpaired) electrons. The molecule has 4 rings (SSSR count). The molecule has 0 unspecified atom stereocenters. The van der Waals surface area contributed by atoms with Crippen LogP contribution in [0.15, 0.2) is 42.5 Å². The number of ether oxygens (including phenoxy) is 1. The Morgan fingerprint density at radius 2 is 1.97 bits per heavy atom. The zero-order chi connectivity index (χ0) is 22.2. The maximum Gasteiger partial charge on any atom is 0.337 e. The maximum atomic E-state index is 13.3. The molecular weight excluding hydrogens is 398 g/mol. The molecular formula is C23H23N3O5. The Morgan fingerprint density at radius 3 is 2.74 bits per heavy atom. The second-order valence-electron chi connectivity index (χ2n) is 7.81. The van der Waals surface area contributed by atoms with Crippen LogP contribution >= 0.6 is 0 Å². The molecule has 0 aromatic heterocycles. The Bertz CT molecular complexity index is 1100. The first-order valence-electron chi connectivity index (χ1n) is 10.1. The Morgan fingerprint density at radius 1 is 1.19 bits per heavy atom. The Hall–Kier alpha value is -3.68. The average Bonchev–Trinajstić information content (AvgIpc) is 2.99. The molecule has 1 atom stereocenters. The van der Waals surface area contributed by atoms with Crippen molar-refractivity contribution >= 4 is 29.5 Å².